The fraction of sp³-hybridized carbons (Fsp3) is 0.759. The minimum absolute atomic E-state index is 0.399. The maximum atomic E-state index is 11.3. The number of nitrogens with two attached hydrogens (primary N) is 1. The summed E-state index contributed by atoms with van der Waals surface area (Å²) in [5, 5.41) is 14.7. The summed E-state index contributed by atoms with van der Waals surface area (Å²) in [7, 11) is 0. The van der Waals surface area contributed by atoms with Gasteiger partial charge in [-0.3, -0.25) is 9.80 Å². The highest BCUT2D eigenvalue weighted by molar-refractivity contribution is 5.69. The third-order valence-corrected chi connectivity index (χ3v) is 9.37. The third-order valence-electron chi connectivity index (χ3n) is 9.37. The van der Waals surface area contributed by atoms with Crippen LogP contribution < -0.4 is 11.2 Å². The van der Waals surface area contributed by atoms with Crippen molar-refractivity contribution in [3.8, 4) is 0 Å². The third kappa shape index (κ3) is 6.25. The predicted molar refractivity (Wildman–Crippen MR) is 140 cm³/mol. The lowest BCUT2D eigenvalue weighted by Crippen LogP contribution is -2.40. The Morgan fingerprint density at radius 2 is 1.89 bits per heavy atom. The number of carboxylic acid groups (broad SMARTS) is 1. The maximum absolute atomic E-state index is 11.3. The Bertz CT molecular complexity index is 803. The highest BCUT2D eigenvalue weighted by atomic mass is 16.5. The molecule has 6 heteroatoms. The Morgan fingerprint density at radius 3 is 2.60 bits per heavy atom. The molecule has 6 atom stereocenters. The molecule has 0 aliphatic heterocycles. The Labute approximate surface area is 212 Å². The number of nitrogens with one attached hydrogen (secondary N) is 1. The summed E-state index contributed by atoms with van der Waals surface area (Å²) >= 11 is 0. The molecule has 4 rings (SSSR count). The van der Waals surface area contributed by atoms with Crippen LogP contribution in [0.2, 0.25) is 0 Å². The molecule has 6 unspecified atom stereocenters. The van der Waals surface area contributed by atoms with E-state index in [0.717, 1.165) is 34.9 Å². The first-order valence-corrected chi connectivity index (χ1v) is 14.1. The fourth-order valence-corrected chi connectivity index (χ4v) is 7.38. The van der Waals surface area contributed by atoms with E-state index in [-0.39, 0.29) is 0 Å². The van der Waals surface area contributed by atoms with Crippen LogP contribution in [0.5, 0.6) is 0 Å². The van der Waals surface area contributed by atoms with E-state index < -0.39 is 11.9 Å². The molecule has 0 heterocycles. The van der Waals surface area contributed by atoms with Crippen molar-refractivity contribution in [2.75, 3.05) is 13.2 Å². The molecule has 0 aromatic heterocycles. The van der Waals surface area contributed by atoms with Gasteiger partial charge in [0.25, 0.3) is 0 Å². The summed E-state index contributed by atoms with van der Waals surface area (Å²) in [6.45, 7) is 11.3. The Kier molecular flexibility index (Phi) is 8.85. The summed E-state index contributed by atoms with van der Waals surface area (Å²) in [5.74, 6) is 9.56. The molecule has 4 aliphatic carbocycles. The molecule has 4 aliphatic rings. The molecule has 4 fully saturated rings. The van der Waals surface area contributed by atoms with Crippen LogP contribution in [0.15, 0.2) is 36.4 Å². The van der Waals surface area contributed by atoms with Crippen LogP contribution in [-0.2, 0) is 9.53 Å². The van der Waals surface area contributed by atoms with Crippen LogP contribution in [-0.4, -0.2) is 35.3 Å². The van der Waals surface area contributed by atoms with Gasteiger partial charge in [0, 0.05) is 18.3 Å². The van der Waals surface area contributed by atoms with Gasteiger partial charge in [-0.05, 0) is 74.5 Å². The second-order valence-corrected chi connectivity index (χ2v) is 11.8. The van der Waals surface area contributed by atoms with Crippen molar-refractivity contribution in [2.24, 2.45) is 41.4 Å². The molecule has 35 heavy (non-hydrogen) atoms. The number of carboxylic acids is 1. The van der Waals surface area contributed by atoms with Crippen molar-refractivity contribution in [2.45, 2.75) is 90.0 Å². The lowest BCUT2D eigenvalue weighted by atomic mass is 9.79. The molecule has 196 valence electrons. The normalized spacial score (nSPS) is 31.8. The van der Waals surface area contributed by atoms with Gasteiger partial charge in [-0.1, -0.05) is 58.3 Å². The summed E-state index contributed by atoms with van der Waals surface area (Å²) < 4.78 is 6.40. The van der Waals surface area contributed by atoms with Crippen LogP contribution >= 0.6 is 0 Å². The molecule has 0 amide bonds. The number of hydrogen-bond donors (Lipinski definition) is 3. The number of nitrogens with zero attached hydrogens (tertiary/aromatic N) is 1. The van der Waals surface area contributed by atoms with E-state index in [0.29, 0.717) is 37.4 Å². The highest BCUT2D eigenvalue weighted by Gasteiger charge is 2.49. The molecular formula is C29H47N3O3. The van der Waals surface area contributed by atoms with E-state index in [2.05, 4.69) is 18.5 Å². The minimum Gasteiger partial charge on any atom is -0.481 e. The van der Waals surface area contributed by atoms with E-state index in [1.54, 1.807) is 18.0 Å². The lowest BCUT2D eigenvalue weighted by Gasteiger charge is -2.33. The SMILES string of the molecule is C=C/C(C(=C)NC1C2CC3CCCC1C(C3)C2)=C(/OCC1CCCCC1)N(N)CCC(C)C(=O)O. The standard InChI is InChI=1S/C29H47N3O3/c1-4-25(20(3)31-27-24-16-22-11-8-12-26(27)23(15-22)17-24)28(32(30)14-13-19(2)29(33)34)35-18-21-9-6-5-7-10-21/h4,19,21-24,26-27,31H,1,3,5-18,30H2,2H3,(H,33,34)/b28-25-. The van der Waals surface area contributed by atoms with Gasteiger partial charge in [0.05, 0.1) is 18.1 Å². The van der Waals surface area contributed by atoms with E-state index in [9.17, 15) is 9.90 Å². The van der Waals surface area contributed by atoms with Gasteiger partial charge in [0.15, 0.2) is 0 Å². The van der Waals surface area contributed by atoms with Crippen molar-refractivity contribution in [3.63, 3.8) is 0 Å². The number of rotatable bonds is 12. The summed E-state index contributed by atoms with van der Waals surface area (Å²) in [6.07, 6.45) is 16.6. The Morgan fingerprint density at radius 1 is 1.14 bits per heavy atom. The van der Waals surface area contributed by atoms with E-state index in [1.165, 1.54) is 70.6 Å². The second-order valence-electron chi connectivity index (χ2n) is 11.8. The van der Waals surface area contributed by atoms with Crippen molar-refractivity contribution in [1.29, 1.82) is 0 Å². The average molecular weight is 486 g/mol. The van der Waals surface area contributed by atoms with Crippen LogP contribution in [0.25, 0.3) is 0 Å². The first-order valence-electron chi connectivity index (χ1n) is 14.1. The molecule has 0 aromatic rings. The van der Waals surface area contributed by atoms with E-state index >= 15 is 0 Å². The zero-order valence-electron chi connectivity index (χ0n) is 21.7. The molecule has 4 saturated carbocycles. The number of fused-ring (bicyclic) bond motifs is 2. The second kappa shape index (κ2) is 11.9. The highest BCUT2D eigenvalue weighted by Crippen LogP contribution is 2.53. The zero-order chi connectivity index (χ0) is 24.9. The number of allylic oxidation sites excluding steroid dienone is 1. The summed E-state index contributed by atoms with van der Waals surface area (Å²) in [4.78, 5) is 11.3. The van der Waals surface area contributed by atoms with Crippen LogP contribution in [0.3, 0.4) is 0 Å². The number of carbonyl (C=O) groups is 1. The molecule has 0 aromatic carbocycles. The van der Waals surface area contributed by atoms with Crippen LogP contribution in [0, 0.1) is 35.5 Å². The van der Waals surface area contributed by atoms with E-state index in [1.807, 2.05) is 0 Å². The molecule has 0 radical (unpaired) electrons. The molecule has 6 nitrogen and oxygen atoms in total. The smallest absolute Gasteiger partial charge is 0.306 e. The topological polar surface area (TPSA) is 87.8 Å². The molecule has 0 spiro atoms. The molecule has 4 N–H and O–H groups in total. The summed E-state index contributed by atoms with van der Waals surface area (Å²) in [5.41, 5.74) is 1.64. The maximum Gasteiger partial charge on any atom is 0.306 e. The number of ether oxygens (including phenoxy) is 1. The van der Waals surface area contributed by atoms with Gasteiger partial charge >= 0.3 is 5.97 Å². The van der Waals surface area contributed by atoms with Gasteiger partial charge in [-0.25, -0.2) is 5.84 Å². The van der Waals surface area contributed by atoms with Gasteiger partial charge in [0.2, 0.25) is 5.88 Å². The van der Waals surface area contributed by atoms with Crippen molar-refractivity contribution in [1.82, 2.24) is 10.3 Å². The van der Waals surface area contributed by atoms with Gasteiger partial charge in [-0.2, -0.15) is 0 Å². The fourth-order valence-electron chi connectivity index (χ4n) is 7.38. The van der Waals surface area contributed by atoms with Gasteiger partial charge < -0.3 is 15.2 Å². The Balaban J connectivity index is 1.50. The minimum atomic E-state index is -0.805. The molecule has 0 saturated heterocycles. The van der Waals surface area contributed by atoms with Crippen LogP contribution in [0.4, 0.5) is 0 Å². The predicted octanol–water partition coefficient (Wildman–Crippen LogP) is 5.59. The summed E-state index contributed by atoms with van der Waals surface area (Å²) in [6, 6.07) is 0.464. The molecular weight excluding hydrogens is 438 g/mol. The largest absolute Gasteiger partial charge is 0.481 e. The zero-order valence-corrected chi connectivity index (χ0v) is 21.7. The van der Waals surface area contributed by atoms with Crippen molar-refractivity contribution in [3.05, 3.63) is 36.4 Å². The number of hydrazine groups is 1. The van der Waals surface area contributed by atoms with Crippen molar-refractivity contribution >= 4 is 5.97 Å². The first kappa shape index (κ1) is 26.1. The monoisotopic (exact) mass is 485 g/mol. The quantitative estimate of drug-likeness (QED) is 0.145. The number of aliphatic carboxylic acids is 1. The molecule has 3 bridgehead atoms. The Hall–Kier alpha value is -1.95. The first-order chi connectivity index (χ1) is 16.9. The van der Waals surface area contributed by atoms with E-state index in [4.69, 9.17) is 10.6 Å². The number of hydrogen-bond acceptors (Lipinski definition) is 5. The van der Waals surface area contributed by atoms with Crippen molar-refractivity contribution < 1.29 is 14.6 Å². The lowest BCUT2D eigenvalue weighted by molar-refractivity contribution is -0.141. The van der Waals surface area contributed by atoms with Gasteiger partial charge in [0.1, 0.15) is 0 Å². The van der Waals surface area contributed by atoms with Gasteiger partial charge in [-0.15, -0.1) is 0 Å². The average Bonchev–Trinajstić information content (AvgIpc) is 2.98. The van der Waals surface area contributed by atoms with Crippen LogP contribution in [0.1, 0.15) is 84.0 Å².